The normalized spacial score (nSPS) is 14.6. The zero-order valence-corrected chi connectivity index (χ0v) is 10.1. The van der Waals surface area contributed by atoms with Crippen molar-refractivity contribution in [1.29, 1.82) is 0 Å². The summed E-state index contributed by atoms with van der Waals surface area (Å²) in [5, 5.41) is 11.2. The predicted octanol–water partition coefficient (Wildman–Crippen LogP) is 1.86. The van der Waals surface area contributed by atoms with E-state index >= 15 is 0 Å². The summed E-state index contributed by atoms with van der Waals surface area (Å²) in [5.74, 6) is -0.674. The SMILES string of the molecule is COC(=O)C(C)(O)c1[nH]c2ccccc2c1C. The summed E-state index contributed by atoms with van der Waals surface area (Å²) in [7, 11) is 1.26. The summed E-state index contributed by atoms with van der Waals surface area (Å²) in [6.07, 6.45) is 0. The molecule has 0 saturated heterocycles. The Hall–Kier alpha value is -1.81. The Labute approximate surface area is 99.2 Å². The standard InChI is InChI=1S/C13H15NO3/c1-8-9-6-4-5-7-10(9)14-11(8)13(2,16)12(15)17-3/h4-7,14,16H,1-3H3. The molecule has 1 heterocycles. The fraction of sp³-hybridized carbons (Fsp3) is 0.308. The summed E-state index contributed by atoms with van der Waals surface area (Å²) >= 11 is 0. The molecule has 17 heavy (non-hydrogen) atoms. The van der Waals surface area contributed by atoms with E-state index in [0.29, 0.717) is 5.69 Å². The third kappa shape index (κ3) is 1.70. The second-order valence-corrected chi connectivity index (χ2v) is 4.23. The maximum absolute atomic E-state index is 11.6. The van der Waals surface area contributed by atoms with Gasteiger partial charge < -0.3 is 14.8 Å². The molecule has 90 valence electrons. The molecule has 0 amide bonds. The van der Waals surface area contributed by atoms with Crippen molar-refractivity contribution >= 4 is 16.9 Å². The number of H-pyrrole nitrogens is 1. The van der Waals surface area contributed by atoms with E-state index in [4.69, 9.17) is 0 Å². The topological polar surface area (TPSA) is 62.3 Å². The third-order valence-electron chi connectivity index (χ3n) is 3.04. The first kappa shape index (κ1) is 11.7. The lowest BCUT2D eigenvalue weighted by molar-refractivity contribution is -0.161. The van der Waals surface area contributed by atoms with Gasteiger partial charge in [-0.25, -0.2) is 4.79 Å². The van der Waals surface area contributed by atoms with E-state index in [2.05, 4.69) is 9.72 Å². The monoisotopic (exact) mass is 233 g/mol. The molecule has 1 unspecified atom stereocenters. The van der Waals surface area contributed by atoms with Crippen molar-refractivity contribution in [1.82, 2.24) is 4.98 Å². The first-order chi connectivity index (χ1) is 7.98. The van der Waals surface area contributed by atoms with Gasteiger partial charge in [0.2, 0.25) is 0 Å². The van der Waals surface area contributed by atoms with Crippen LogP contribution in [0.3, 0.4) is 0 Å². The van der Waals surface area contributed by atoms with Crippen molar-refractivity contribution in [3.05, 3.63) is 35.5 Å². The fourth-order valence-electron chi connectivity index (χ4n) is 2.07. The largest absolute Gasteiger partial charge is 0.467 e. The van der Waals surface area contributed by atoms with Crippen LogP contribution in [-0.2, 0) is 15.1 Å². The van der Waals surface area contributed by atoms with Crippen molar-refractivity contribution in [3.8, 4) is 0 Å². The van der Waals surface area contributed by atoms with E-state index < -0.39 is 11.6 Å². The molecule has 2 N–H and O–H groups in total. The number of para-hydroxylation sites is 1. The Kier molecular flexibility index (Phi) is 2.67. The van der Waals surface area contributed by atoms with Gasteiger partial charge in [0.1, 0.15) is 0 Å². The number of esters is 1. The van der Waals surface area contributed by atoms with E-state index in [1.807, 2.05) is 31.2 Å². The highest BCUT2D eigenvalue weighted by atomic mass is 16.5. The van der Waals surface area contributed by atoms with Gasteiger partial charge in [0.25, 0.3) is 0 Å². The van der Waals surface area contributed by atoms with E-state index in [9.17, 15) is 9.90 Å². The van der Waals surface area contributed by atoms with Gasteiger partial charge in [0.05, 0.1) is 12.8 Å². The number of hydrogen-bond donors (Lipinski definition) is 2. The van der Waals surface area contributed by atoms with E-state index in [1.165, 1.54) is 14.0 Å². The summed E-state index contributed by atoms with van der Waals surface area (Å²) < 4.78 is 4.61. The minimum atomic E-state index is -1.65. The number of carbonyl (C=O) groups is 1. The lowest BCUT2D eigenvalue weighted by Crippen LogP contribution is -2.34. The number of hydrogen-bond acceptors (Lipinski definition) is 3. The molecule has 0 bridgehead atoms. The molecule has 2 aromatic rings. The molecule has 1 atom stereocenters. The number of nitrogens with one attached hydrogen (secondary N) is 1. The van der Waals surface area contributed by atoms with Crippen LogP contribution >= 0.6 is 0 Å². The van der Waals surface area contributed by atoms with Crippen LogP contribution in [0.25, 0.3) is 10.9 Å². The molecule has 4 heteroatoms. The van der Waals surface area contributed by atoms with Gasteiger partial charge in [-0.1, -0.05) is 18.2 Å². The number of benzene rings is 1. The molecular formula is C13H15NO3. The maximum atomic E-state index is 11.6. The molecule has 0 saturated carbocycles. The summed E-state index contributed by atoms with van der Waals surface area (Å²) in [6.45, 7) is 3.29. The van der Waals surface area contributed by atoms with Crippen LogP contribution in [-0.4, -0.2) is 23.2 Å². The zero-order chi connectivity index (χ0) is 12.6. The van der Waals surface area contributed by atoms with E-state index in [-0.39, 0.29) is 0 Å². The quantitative estimate of drug-likeness (QED) is 0.778. The van der Waals surface area contributed by atoms with Crippen molar-refractivity contribution < 1.29 is 14.6 Å². The van der Waals surface area contributed by atoms with Crippen molar-refractivity contribution in [2.24, 2.45) is 0 Å². The van der Waals surface area contributed by atoms with Crippen LogP contribution in [0.1, 0.15) is 18.2 Å². The Balaban J connectivity index is 2.63. The van der Waals surface area contributed by atoms with Crippen LogP contribution in [0.4, 0.5) is 0 Å². The van der Waals surface area contributed by atoms with Crippen LogP contribution in [0.2, 0.25) is 0 Å². The average Bonchev–Trinajstić information content (AvgIpc) is 2.67. The lowest BCUT2D eigenvalue weighted by atomic mass is 9.98. The minimum Gasteiger partial charge on any atom is -0.467 e. The highest BCUT2D eigenvalue weighted by Crippen LogP contribution is 2.30. The average molecular weight is 233 g/mol. The van der Waals surface area contributed by atoms with Crippen LogP contribution in [0.5, 0.6) is 0 Å². The Bertz CT molecular complexity index is 569. The second-order valence-electron chi connectivity index (χ2n) is 4.23. The number of carbonyl (C=O) groups excluding carboxylic acids is 1. The van der Waals surface area contributed by atoms with Gasteiger partial charge in [-0.05, 0) is 25.5 Å². The zero-order valence-electron chi connectivity index (χ0n) is 10.1. The maximum Gasteiger partial charge on any atom is 0.343 e. The molecule has 0 spiro atoms. The molecule has 1 aromatic carbocycles. The molecule has 0 aliphatic rings. The van der Waals surface area contributed by atoms with Gasteiger partial charge in [-0.3, -0.25) is 0 Å². The number of ether oxygens (including phenoxy) is 1. The molecule has 0 fully saturated rings. The van der Waals surface area contributed by atoms with Gasteiger partial charge in [-0.15, -0.1) is 0 Å². The van der Waals surface area contributed by atoms with E-state index in [0.717, 1.165) is 16.5 Å². The van der Waals surface area contributed by atoms with Crippen molar-refractivity contribution in [2.75, 3.05) is 7.11 Å². The molecule has 4 nitrogen and oxygen atoms in total. The molecule has 1 aromatic heterocycles. The molecular weight excluding hydrogens is 218 g/mol. The number of aromatic nitrogens is 1. The van der Waals surface area contributed by atoms with Crippen LogP contribution < -0.4 is 0 Å². The minimum absolute atomic E-state index is 0.477. The fourth-order valence-corrected chi connectivity index (χ4v) is 2.07. The van der Waals surface area contributed by atoms with Crippen LogP contribution in [0, 0.1) is 6.92 Å². The second kappa shape index (κ2) is 3.89. The predicted molar refractivity (Wildman–Crippen MR) is 64.6 cm³/mol. The lowest BCUT2D eigenvalue weighted by Gasteiger charge is -2.19. The number of aromatic amines is 1. The molecule has 0 aliphatic heterocycles. The van der Waals surface area contributed by atoms with E-state index in [1.54, 1.807) is 0 Å². The van der Waals surface area contributed by atoms with Gasteiger partial charge >= 0.3 is 5.97 Å². The number of fused-ring (bicyclic) bond motifs is 1. The third-order valence-corrected chi connectivity index (χ3v) is 3.04. The first-order valence-corrected chi connectivity index (χ1v) is 5.37. The number of aryl methyl sites for hydroxylation is 1. The number of aliphatic hydroxyl groups is 1. The Morgan fingerprint density at radius 2 is 2.06 bits per heavy atom. The highest BCUT2D eigenvalue weighted by Gasteiger charge is 2.37. The van der Waals surface area contributed by atoms with Crippen LogP contribution in [0.15, 0.2) is 24.3 Å². The first-order valence-electron chi connectivity index (χ1n) is 5.37. The smallest absolute Gasteiger partial charge is 0.343 e. The molecule has 2 rings (SSSR count). The van der Waals surface area contributed by atoms with Crippen molar-refractivity contribution in [2.45, 2.75) is 19.4 Å². The number of rotatable bonds is 2. The molecule has 0 radical (unpaired) electrons. The Morgan fingerprint density at radius 3 is 2.65 bits per heavy atom. The summed E-state index contributed by atoms with van der Waals surface area (Å²) in [4.78, 5) is 14.6. The van der Waals surface area contributed by atoms with Gasteiger partial charge in [0, 0.05) is 10.9 Å². The summed E-state index contributed by atoms with van der Waals surface area (Å²) in [6, 6.07) is 7.66. The summed E-state index contributed by atoms with van der Waals surface area (Å²) in [5.41, 5.74) is 0.573. The molecule has 0 aliphatic carbocycles. The van der Waals surface area contributed by atoms with Gasteiger partial charge in [0.15, 0.2) is 5.60 Å². The highest BCUT2D eigenvalue weighted by molar-refractivity contribution is 5.88. The Morgan fingerprint density at radius 1 is 1.41 bits per heavy atom. The number of methoxy groups -OCH3 is 1. The van der Waals surface area contributed by atoms with Crippen molar-refractivity contribution in [3.63, 3.8) is 0 Å². The van der Waals surface area contributed by atoms with Gasteiger partial charge in [-0.2, -0.15) is 0 Å².